The zero-order chi connectivity index (χ0) is 11.1. The number of ketones is 1. The van der Waals surface area contributed by atoms with Gasteiger partial charge < -0.3 is 4.74 Å². The lowest BCUT2D eigenvalue weighted by Gasteiger charge is -2.23. The fraction of sp³-hybridized carbons (Fsp3) is 0.250. The summed E-state index contributed by atoms with van der Waals surface area (Å²) >= 11 is 0. The summed E-state index contributed by atoms with van der Waals surface area (Å²) in [4.78, 5) is 11.7. The molecule has 1 aliphatic rings. The molecular weight excluding hydrogens is 195 g/mol. The third kappa shape index (κ3) is 1.54. The van der Waals surface area contributed by atoms with Gasteiger partial charge in [-0.25, -0.2) is 4.39 Å². The highest BCUT2D eigenvalue weighted by atomic mass is 19.1. The molecule has 2 rings (SSSR count). The SMILES string of the molecule is CC1=CC(=O)C(C)(c2ccc(F)cc2)O1. The second-order valence-electron chi connectivity index (χ2n) is 3.76. The number of rotatable bonds is 1. The van der Waals surface area contributed by atoms with Gasteiger partial charge in [-0.1, -0.05) is 12.1 Å². The Hall–Kier alpha value is -1.64. The van der Waals surface area contributed by atoms with Crippen LogP contribution in [0.1, 0.15) is 19.4 Å². The molecule has 0 fully saturated rings. The topological polar surface area (TPSA) is 26.3 Å². The minimum atomic E-state index is -0.988. The maximum absolute atomic E-state index is 12.7. The summed E-state index contributed by atoms with van der Waals surface area (Å²) in [5.41, 5.74) is -0.320. The molecule has 2 nitrogen and oxygen atoms in total. The van der Waals surface area contributed by atoms with Crippen molar-refractivity contribution in [3.8, 4) is 0 Å². The number of hydrogen-bond donors (Lipinski definition) is 0. The predicted octanol–water partition coefficient (Wildman–Crippen LogP) is 2.54. The van der Waals surface area contributed by atoms with E-state index in [0.29, 0.717) is 11.3 Å². The number of allylic oxidation sites excluding steroid dienone is 1. The molecule has 0 saturated heterocycles. The van der Waals surface area contributed by atoms with E-state index >= 15 is 0 Å². The average Bonchev–Trinajstić information content (AvgIpc) is 2.42. The fourth-order valence-electron chi connectivity index (χ4n) is 1.69. The smallest absolute Gasteiger partial charge is 0.206 e. The molecule has 1 aliphatic heterocycles. The molecule has 15 heavy (non-hydrogen) atoms. The Morgan fingerprint density at radius 3 is 2.33 bits per heavy atom. The molecule has 0 aliphatic carbocycles. The number of hydrogen-bond acceptors (Lipinski definition) is 2. The van der Waals surface area contributed by atoms with E-state index in [0.717, 1.165) is 0 Å². The van der Waals surface area contributed by atoms with E-state index in [1.165, 1.54) is 18.2 Å². The van der Waals surface area contributed by atoms with Crippen LogP contribution in [0, 0.1) is 5.82 Å². The predicted molar refractivity (Wildman–Crippen MR) is 53.6 cm³/mol. The molecular formula is C12H11FO2. The second kappa shape index (κ2) is 3.19. The van der Waals surface area contributed by atoms with Gasteiger partial charge in [-0.05, 0) is 26.0 Å². The van der Waals surface area contributed by atoms with E-state index < -0.39 is 5.60 Å². The number of benzene rings is 1. The van der Waals surface area contributed by atoms with Gasteiger partial charge in [-0.15, -0.1) is 0 Å². The van der Waals surface area contributed by atoms with Crippen molar-refractivity contribution in [2.45, 2.75) is 19.4 Å². The highest BCUT2D eigenvalue weighted by Crippen LogP contribution is 2.34. The Morgan fingerprint density at radius 1 is 1.27 bits per heavy atom. The highest BCUT2D eigenvalue weighted by molar-refractivity contribution is 5.99. The molecule has 0 amide bonds. The lowest BCUT2D eigenvalue weighted by atomic mass is 9.92. The van der Waals surface area contributed by atoms with Crippen LogP contribution in [0.5, 0.6) is 0 Å². The van der Waals surface area contributed by atoms with Gasteiger partial charge in [0, 0.05) is 11.6 Å². The summed E-state index contributed by atoms with van der Waals surface area (Å²) in [6.07, 6.45) is 1.46. The third-order valence-electron chi connectivity index (χ3n) is 2.56. The lowest BCUT2D eigenvalue weighted by molar-refractivity contribution is -0.129. The first-order valence-electron chi connectivity index (χ1n) is 4.70. The van der Waals surface area contributed by atoms with Crippen molar-refractivity contribution in [1.29, 1.82) is 0 Å². The lowest BCUT2D eigenvalue weighted by Crippen LogP contribution is -2.29. The molecule has 3 heteroatoms. The highest BCUT2D eigenvalue weighted by Gasteiger charge is 2.40. The Labute approximate surface area is 87.4 Å². The summed E-state index contributed by atoms with van der Waals surface area (Å²) in [6.45, 7) is 3.42. The summed E-state index contributed by atoms with van der Waals surface area (Å²) < 4.78 is 18.2. The van der Waals surface area contributed by atoms with Crippen LogP contribution in [0.25, 0.3) is 0 Å². The molecule has 0 spiro atoms. The second-order valence-corrected chi connectivity index (χ2v) is 3.76. The van der Waals surface area contributed by atoms with Crippen molar-refractivity contribution in [3.63, 3.8) is 0 Å². The van der Waals surface area contributed by atoms with E-state index in [2.05, 4.69) is 0 Å². The van der Waals surface area contributed by atoms with E-state index in [-0.39, 0.29) is 11.6 Å². The van der Waals surface area contributed by atoms with Crippen molar-refractivity contribution in [1.82, 2.24) is 0 Å². The molecule has 0 radical (unpaired) electrons. The number of halogens is 1. The number of carbonyl (C=O) groups is 1. The molecule has 1 aromatic rings. The molecule has 0 bridgehead atoms. The monoisotopic (exact) mass is 206 g/mol. The van der Waals surface area contributed by atoms with Gasteiger partial charge in [-0.3, -0.25) is 4.79 Å². The molecule has 78 valence electrons. The Morgan fingerprint density at radius 2 is 1.87 bits per heavy atom. The zero-order valence-corrected chi connectivity index (χ0v) is 8.58. The molecule has 1 atom stereocenters. The van der Waals surface area contributed by atoms with Crippen LogP contribution in [-0.2, 0) is 15.1 Å². The van der Waals surface area contributed by atoms with Gasteiger partial charge in [0.25, 0.3) is 0 Å². The van der Waals surface area contributed by atoms with Crippen LogP contribution < -0.4 is 0 Å². The van der Waals surface area contributed by atoms with Crippen LogP contribution in [0.3, 0.4) is 0 Å². The summed E-state index contributed by atoms with van der Waals surface area (Å²) in [5, 5.41) is 0. The first-order valence-corrected chi connectivity index (χ1v) is 4.70. The first kappa shape index (κ1) is 9.90. The van der Waals surface area contributed by atoms with E-state index in [1.54, 1.807) is 26.0 Å². The van der Waals surface area contributed by atoms with Crippen LogP contribution in [0.15, 0.2) is 36.1 Å². The Balaban J connectivity index is 2.40. The summed E-state index contributed by atoms with van der Waals surface area (Å²) in [6, 6.07) is 5.79. The Bertz CT molecular complexity index is 433. The van der Waals surface area contributed by atoms with Crippen molar-refractivity contribution in [3.05, 3.63) is 47.5 Å². The quantitative estimate of drug-likeness (QED) is 0.705. The van der Waals surface area contributed by atoms with Crippen LogP contribution in [0.4, 0.5) is 4.39 Å². The van der Waals surface area contributed by atoms with E-state index in [9.17, 15) is 9.18 Å². The molecule has 0 N–H and O–H groups in total. The van der Waals surface area contributed by atoms with Crippen LogP contribution in [0.2, 0.25) is 0 Å². The summed E-state index contributed by atoms with van der Waals surface area (Å²) in [5.74, 6) is 0.163. The van der Waals surface area contributed by atoms with Gasteiger partial charge in [-0.2, -0.15) is 0 Å². The minimum absolute atomic E-state index is 0.105. The van der Waals surface area contributed by atoms with Crippen molar-refractivity contribution in [2.24, 2.45) is 0 Å². The summed E-state index contributed by atoms with van der Waals surface area (Å²) in [7, 11) is 0. The van der Waals surface area contributed by atoms with Gasteiger partial charge in [0.2, 0.25) is 5.78 Å². The standard InChI is InChI=1S/C12H11FO2/c1-8-7-11(14)12(2,15-8)9-3-5-10(13)6-4-9/h3-7H,1-2H3. The number of ether oxygens (including phenoxy) is 1. The zero-order valence-electron chi connectivity index (χ0n) is 8.58. The Kier molecular flexibility index (Phi) is 2.11. The maximum Gasteiger partial charge on any atom is 0.206 e. The van der Waals surface area contributed by atoms with E-state index in [1.807, 2.05) is 0 Å². The van der Waals surface area contributed by atoms with Crippen molar-refractivity contribution < 1.29 is 13.9 Å². The largest absolute Gasteiger partial charge is 0.479 e. The normalized spacial score (nSPS) is 25.0. The minimum Gasteiger partial charge on any atom is -0.479 e. The molecule has 0 saturated carbocycles. The third-order valence-corrected chi connectivity index (χ3v) is 2.56. The van der Waals surface area contributed by atoms with Crippen LogP contribution in [-0.4, -0.2) is 5.78 Å². The molecule has 1 heterocycles. The van der Waals surface area contributed by atoms with Gasteiger partial charge >= 0.3 is 0 Å². The fourth-order valence-corrected chi connectivity index (χ4v) is 1.69. The number of carbonyl (C=O) groups excluding carboxylic acids is 1. The van der Waals surface area contributed by atoms with Crippen molar-refractivity contribution >= 4 is 5.78 Å². The first-order chi connectivity index (χ1) is 7.02. The van der Waals surface area contributed by atoms with Gasteiger partial charge in [0.1, 0.15) is 5.82 Å². The van der Waals surface area contributed by atoms with Crippen molar-refractivity contribution in [2.75, 3.05) is 0 Å². The van der Waals surface area contributed by atoms with Gasteiger partial charge in [0.15, 0.2) is 5.60 Å². The van der Waals surface area contributed by atoms with Gasteiger partial charge in [0.05, 0.1) is 5.76 Å². The molecule has 0 aromatic heterocycles. The molecule has 1 aromatic carbocycles. The molecule has 1 unspecified atom stereocenters. The van der Waals surface area contributed by atoms with E-state index in [4.69, 9.17) is 4.74 Å². The maximum atomic E-state index is 12.7. The van der Waals surface area contributed by atoms with Crippen LogP contribution >= 0.6 is 0 Å². The average molecular weight is 206 g/mol.